The molecule has 0 radical (unpaired) electrons. The SMILES string of the molecule is C[C@@H](NCc1ccccc1O)c1cccc2ccccc12. The summed E-state index contributed by atoms with van der Waals surface area (Å²) in [4.78, 5) is 0. The Morgan fingerprint density at radius 3 is 2.48 bits per heavy atom. The highest BCUT2D eigenvalue weighted by atomic mass is 16.3. The fourth-order valence-electron chi connectivity index (χ4n) is 2.66. The highest BCUT2D eigenvalue weighted by Gasteiger charge is 2.09. The van der Waals surface area contributed by atoms with E-state index >= 15 is 0 Å². The van der Waals surface area contributed by atoms with Crippen LogP contribution in [0.3, 0.4) is 0 Å². The highest BCUT2D eigenvalue weighted by molar-refractivity contribution is 5.86. The van der Waals surface area contributed by atoms with Crippen molar-refractivity contribution in [2.45, 2.75) is 19.5 Å². The second-order valence-electron chi connectivity index (χ2n) is 5.30. The molecule has 3 aromatic carbocycles. The van der Waals surface area contributed by atoms with Gasteiger partial charge in [0.2, 0.25) is 0 Å². The molecule has 1 atom stereocenters. The number of rotatable bonds is 4. The van der Waals surface area contributed by atoms with Gasteiger partial charge >= 0.3 is 0 Å². The van der Waals surface area contributed by atoms with E-state index in [9.17, 15) is 5.11 Å². The molecule has 0 saturated carbocycles. The number of benzene rings is 3. The summed E-state index contributed by atoms with van der Waals surface area (Å²) in [6.45, 7) is 2.80. The lowest BCUT2D eigenvalue weighted by Gasteiger charge is -2.17. The third-order valence-corrected chi connectivity index (χ3v) is 3.88. The number of hydrogen-bond acceptors (Lipinski definition) is 2. The van der Waals surface area contributed by atoms with Crippen LogP contribution in [0.25, 0.3) is 10.8 Å². The van der Waals surface area contributed by atoms with Crippen LogP contribution in [0.4, 0.5) is 0 Å². The van der Waals surface area contributed by atoms with Crippen LogP contribution in [0.15, 0.2) is 66.7 Å². The van der Waals surface area contributed by atoms with E-state index in [-0.39, 0.29) is 6.04 Å². The van der Waals surface area contributed by atoms with E-state index in [4.69, 9.17) is 0 Å². The van der Waals surface area contributed by atoms with Crippen molar-refractivity contribution in [2.24, 2.45) is 0 Å². The summed E-state index contributed by atoms with van der Waals surface area (Å²) in [5.41, 5.74) is 2.20. The second-order valence-corrected chi connectivity index (χ2v) is 5.30. The number of nitrogens with one attached hydrogen (secondary N) is 1. The highest BCUT2D eigenvalue weighted by Crippen LogP contribution is 2.25. The molecule has 0 aromatic heterocycles. The summed E-state index contributed by atoms with van der Waals surface area (Å²) in [7, 11) is 0. The fourth-order valence-corrected chi connectivity index (χ4v) is 2.66. The van der Waals surface area contributed by atoms with Crippen molar-refractivity contribution in [3.63, 3.8) is 0 Å². The van der Waals surface area contributed by atoms with Crippen LogP contribution in [0.5, 0.6) is 5.75 Å². The van der Waals surface area contributed by atoms with E-state index < -0.39 is 0 Å². The Morgan fingerprint density at radius 2 is 1.62 bits per heavy atom. The average molecular weight is 277 g/mol. The molecule has 0 aliphatic heterocycles. The normalized spacial score (nSPS) is 12.4. The maximum Gasteiger partial charge on any atom is 0.120 e. The summed E-state index contributed by atoms with van der Waals surface area (Å²) < 4.78 is 0. The maximum atomic E-state index is 9.83. The van der Waals surface area contributed by atoms with Crippen molar-refractivity contribution in [3.8, 4) is 5.75 Å². The van der Waals surface area contributed by atoms with Crippen molar-refractivity contribution >= 4 is 10.8 Å². The molecule has 0 aliphatic rings. The molecular formula is C19H19NO. The van der Waals surface area contributed by atoms with Gasteiger partial charge in [-0.2, -0.15) is 0 Å². The number of phenols is 1. The van der Waals surface area contributed by atoms with Crippen LogP contribution < -0.4 is 5.32 Å². The Morgan fingerprint density at radius 1 is 0.905 bits per heavy atom. The summed E-state index contributed by atoms with van der Waals surface area (Å²) in [6.07, 6.45) is 0. The van der Waals surface area contributed by atoms with Gasteiger partial charge in [-0.05, 0) is 29.3 Å². The van der Waals surface area contributed by atoms with Crippen molar-refractivity contribution in [2.75, 3.05) is 0 Å². The molecule has 0 amide bonds. The molecule has 0 fully saturated rings. The van der Waals surface area contributed by atoms with E-state index in [0.29, 0.717) is 12.3 Å². The first-order valence-corrected chi connectivity index (χ1v) is 7.23. The molecule has 0 heterocycles. The van der Waals surface area contributed by atoms with Gasteiger partial charge in [0.05, 0.1) is 0 Å². The zero-order valence-electron chi connectivity index (χ0n) is 12.1. The first-order valence-electron chi connectivity index (χ1n) is 7.23. The third-order valence-electron chi connectivity index (χ3n) is 3.88. The second kappa shape index (κ2) is 5.98. The Labute approximate surface area is 125 Å². The zero-order valence-corrected chi connectivity index (χ0v) is 12.1. The minimum atomic E-state index is 0.218. The number of phenolic OH excluding ortho intramolecular Hbond substituents is 1. The molecule has 0 saturated heterocycles. The van der Waals surface area contributed by atoms with Crippen molar-refractivity contribution in [3.05, 3.63) is 77.9 Å². The Balaban J connectivity index is 1.81. The lowest BCUT2D eigenvalue weighted by molar-refractivity contribution is 0.460. The molecule has 2 heteroatoms. The van der Waals surface area contributed by atoms with E-state index in [2.05, 4.69) is 54.7 Å². The molecule has 0 aliphatic carbocycles. The van der Waals surface area contributed by atoms with Gasteiger partial charge in [-0.3, -0.25) is 0 Å². The standard InChI is InChI=1S/C19H19NO/c1-14(20-13-16-8-3-5-12-19(16)21)17-11-6-9-15-7-2-4-10-18(15)17/h2-12,14,20-21H,13H2,1H3/t14-/m1/s1. The zero-order chi connectivity index (χ0) is 14.7. The van der Waals surface area contributed by atoms with E-state index in [1.165, 1.54) is 16.3 Å². The van der Waals surface area contributed by atoms with Gasteiger partial charge in [-0.25, -0.2) is 0 Å². The average Bonchev–Trinajstić information content (AvgIpc) is 2.53. The predicted molar refractivity (Wildman–Crippen MR) is 87.3 cm³/mol. The Bertz CT molecular complexity index is 746. The molecule has 3 aromatic rings. The van der Waals surface area contributed by atoms with Gasteiger partial charge in [-0.1, -0.05) is 60.7 Å². The molecule has 2 nitrogen and oxygen atoms in total. The Kier molecular flexibility index (Phi) is 3.89. The number of para-hydroxylation sites is 1. The minimum absolute atomic E-state index is 0.218. The monoisotopic (exact) mass is 277 g/mol. The largest absolute Gasteiger partial charge is 0.508 e. The van der Waals surface area contributed by atoms with Gasteiger partial charge in [0.25, 0.3) is 0 Å². The molecule has 0 spiro atoms. The van der Waals surface area contributed by atoms with E-state index in [1.807, 2.05) is 18.2 Å². The van der Waals surface area contributed by atoms with Crippen molar-refractivity contribution in [1.82, 2.24) is 5.32 Å². The topological polar surface area (TPSA) is 32.3 Å². The summed E-state index contributed by atoms with van der Waals surface area (Å²) >= 11 is 0. The fraction of sp³-hybridized carbons (Fsp3) is 0.158. The van der Waals surface area contributed by atoms with Gasteiger partial charge in [0.15, 0.2) is 0 Å². The smallest absolute Gasteiger partial charge is 0.120 e. The van der Waals surface area contributed by atoms with Gasteiger partial charge in [0, 0.05) is 18.2 Å². The lowest BCUT2D eigenvalue weighted by atomic mass is 9.99. The summed E-state index contributed by atoms with van der Waals surface area (Å²) in [5.74, 6) is 0.343. The first-order chi connectivity index (χ1) is 10.3. The molecular weight excluding hydrogens is 258 g/mol. The lowest BCUT2D eigenvalue weighted by Crippen LogP contribution is -2.18. The molecule has 0 bridgehead atoms. The summed E-state index contributed by atoms with van der Waals surface area (Å²) in [5, 5.41) is 15.8. The van der Waals surface area contributed by atoms with Crippen LogP contribution in [-0.4, -0.2) is 5.11 Å². The number of fused-ring (bicyclic) bond motifs is 1. The predicted octanol–water partition coefficient (Wildman–Crippen LogP) is 4.40. The summed E-state index contributed by atoms with van der Waals surface area (Å²) in [6, 6.07) is 22.5. The molecule has 0 unspecified atom stereocenters. The number of hydrogen-bond donors (Lipinski definition) is 2. The maximum absolute atomic E-state index is 9.83. The van der Waals surface area contributed by atoms with E-state index in [0.717, 1.165) is 5.56 Å². The minimum Gasteiger partial charge on any atom is -0.508 e. The van der Waals surface area contributed by atoms with Crippen LogP contribution in [0.1, 0.15) is 24.1 Å². The third kappa shape index (κ3) is 2.91. The van der Waals surface area contributed by atoms with Gasteiger partial charge in [0.1, 0.15) is 5.75 Å². The van der Waals surface area contributed by atoms with Gasteiger partial charge in [-0.15, -0.1) is 0 Å². The molecule has 2 N–H and O–H groups in total. The number of aromatic hydroxyl groups is 1. The first kappa shape index (κ1) is 13.7. The van der Waals surface area contributed by atoms with Crippen LogP contribution in [-0.2, 0) is 6.54 Å². The molecule has 21 heavy (non-hydrogen) atoms. The van der Waals surface area contributed by atoms with Gasteiger partial charge < -0.3 is 10.4 Å². The molecule has 106 valence electrons. The van der Waals surface area contributed by atoms with Crippen LogP contribution >= 0.6 is 0 Å². The quantitative estimate of drug-likeness (QED) is 0.741. The van der Waals surface area contributed by atoms with Crippen molar-refractivity contribution in [1.29, 1.82) is 0 Å². The molecule has 3 rings (SSSR count). The van der Waals surface area contributed by atoms with Crippen LogP contribution in [0, 0.1) is 0 Å². The Hall–Kier alpha value is -2.32. The van der Waals surface area contributed by atoms with Crippen molar-refractivity contribution < 1.29 is 5.11 Å². The van der Waals surface area contributed by atoms with Crippen LogP contribution in [0.2, 0.25) is 0 Å². The van der Waals surface area contributed by atoms with E-state index in [1.54, 1.807) is 6.07 Å².